The summed E-state index contributed by atoms with van der Waals surface area (Å²) in [6.45, 7) is 6.45. The van der Waals surface area contributed by atoms with E-state index >= 15 is 0 Å². The van der Waals surface area contributed by atoms with Gasteiger partial charge in [0.05, 0.1) is 0 Å². The van der Waals surface area contributed by atoms with E-state index in [1.165, 1.54) is 83.5 Å². The summed E-state index contributed by atoms with van der Waals surface area (Å²) in [4.78, 5) is 38.0. The van der Waals surface area contributed by atoms with Crippen LogP contribution in [0.15, 0.2) is 109 Å². The third kappa shape index (κ3) is 55.0. The zero-order chi connectivity index (χ0) is 50.7. The smallest absolute Gasteiger partial charge is 0.306 e. The lowest BCUT2D eigenvalue weighted by Crippen LogP contribution is -2.30. The second-order valence-electron chi connectivity index (χ2n) is 18.8. The number of allylic oxidation sites excluding steroid dienone is 18. The molecule has 0 saturated heterocycles. The van der Waals surface area contributed by atoms with Crippen molar-refractivity contribution >= 4 is 17.9 Å². The van der Waals surface area contributed by atoms with Crippen LogP contribution in [0.3, 0.4) is 0 Å². The van der Waals surface area contributed by atoms with E-state index in [2.05, 4.69) is 130 Å². The number of unbranched alkanes of at least 4 members (excludes halogenated alkanes) is 22. The fourth-order valence-electron chi connectivity index (χ4n) is 7.69. The Kier molecular flexibility index (Phi) is 54.4. The van der Waals surface area contributed by atoms with Crippen LogP contribution in [0.2, 0.25) is 0 Å². The number of carbonyl (C=O) groups is 3. The lowest BCUT2D eigenvalue weighted by Gasteiger charge is -2.18. The van der Waals surface area contributed by atoms with Crippen LogP contribution < -0.4 is 0 Å². The maximum Gasteiger partial charge on any atom is 0.306 e. The molecule has 0 rings (SSSR count). The van der Waals surface area contributed by atoms with Crippen molar-refractivity contribution in [2.24, 2.45) is 0 Å². The summed E-state index contributed by atoms with van der Waals surface area (Å²) in [5, 5.41) is 0. The van der Waals surface area contributed by atoms with Gasteiger partial charge in [-0.3, -0.25) is 14.4 Å². The predicted octanol–water partition coefficient (Wildman–Crippen LogP) is 19.5. The molecule has 70 heavy (non-hydrogen) atoms. The molecule has 0 aromatic carbocycles. The molecular weight excluding hydrogens is 865 g/mol. The number of hydrogen-bond donors (Lipinski definition) is 0. The Balaban J connectivity index is 4.29. The largest absolute Gasteiger partial charge is 0.462 e. The highest BCUT2D eigenvalue weighted by molar-refractivity contribution is 5.71. The molecule has 1 atom stereocenters. The average Bonchev–Trinajstić information content (AvgIpc) is 3.36. The molecule has 0 heterocycles. The SMILES string of the molecule is CC/C=C\C/C=C\C/C=C\C/C=C\C/C=C\C/C=C\C/C=C\CCCCCCCC(=O)OCC(COC(=O)CCCCCCCCCC)OC(=O)CCCCCCCCC/C=C\C/C=C\CCCCC. The molecule has 0 N–H and O–H groups in total. The first kappa shape index (κ1) is 66.1. The zero-order valence-corrected chi connectivity index (χ0v) is 45.5. The molecule has 6 heteroatoms. The van der Waals surface area contributed by atoms with Crippen molar-refractivity contribution in [2.45, 2.75) is 264 Å². The molecule has 0 radical (unpaired) electrons. The molecule has 0 aliphatic rings. The molecular formula is C64H106O6. The molecule has 0 aliphatic carbocycles. The predicted molar refractivity (Wildman–Crippen MR) is 302 cm³/mol. The van der Waals surface area contributed by atoms with E-state index in [0.29, 0.717) is 19.3 Å². The maximum absolute atomic E-state index is 12.8. The van der Waals surface area contributed by atoms with Gasteiger partial charge in [-0.1, -0.05) is 239 Å². The Morgan fingerprint density at radius 1 is 0.300 bits per heavy atom. The normalized spacial score (nSPS) is 12.9. The highest BCUT2D eigenvalue weighted by Crippen LogP contribution is 2.14. The number of carbonyl (C=O) groups excluding carboxylic acids is 3. The number of esters is 3. The zero-order valence-electron chi connectivity index (χ0n) is 45.5. The molecule has 0 bridgehead atoms. The van der Waals surface area contributed by atoms with Crippen molar-refractivity contribution in [3.05, 3.63) is 109 Å². The molecule has 0 aliphatic heterocycles. The standard InChI is InChI=1S/C64H106O6/c1-4-7-10-13-16-19-21-23-25-27-28-29-30-31-32-33-34-35-36-38-39-41-43-45-48-51-54-57-63(66)69-60-61(59-68-62(65)56-53-50-47-18-15-12-9-6-3)70-64(67)58-55-52-49-46-44-42-40-37-26-24-22-20-17-14-11-8-5-2/h7,10,16-17,19-20,23-26,28-29,31-32,34-35,38-39,61H,4-6,8-9,11-15,18,21-22,27,30,33,36-37,40-60H2,1-3H3/b10-7-,19-16-,20-17-,25-23-,26-24-,29-28-,32-31-,35-34-,39-38-. The van der Waals surface area contributed by atoms with E-state index in [1.807, 2.05) is 0 Å². The third-order valence-corrected chi connectivity index (χ3v) is 12.0. The minimum atomic E-state index is -0.790. The van der Waals surface area contributed by atoms with E-state index in [9.17, 15) is 14.4 Å². The average molecular weight is 972 g/mol. The first-order chi connectivity index (χ1) is 34.5. The van der Waals surface area contributed by atoms with Crippen LogP contribution in [0.1, 0.15) is 258 Å². The van der Waals surface area contributed by atoms with Crippen LogP contribution in [0.4, 0.5) is 0 Å². The van der Waals surface area contributed by atoms with Gasteiger partial charge in [0.2, 0.25) is 0 Å². The van der Waals surface area contributed by atoms with Gasteiger partial charge < -0.3 is 14.2 Å². The fourth-order valence-corrected chi connectivity index (χ4v) is 7.69. The summed E-state index contributed by atoms with van der Waals surface area (Å²) < 4.78 is 16.8. The van der Waals surface area contributed by atoms with Crippen LogP contribution in [-0.2, 0) is 28.6 Å². The Bertz CT molecular complexity index is 1440. The summed E-state index contributed by atoms with van der Waals surface area (Å²) in [5.74, 6) is -0.920. The molecule has 6 nitrogen and oxygen atoms in total. The first-order valence-electron chi connectivity index (χ1n) is 28.9. The molecule has 0 saturated carbocycles. The van der Waals surface area contributed by atoms with Gasteiger partial charge in [-0.05, 0) is 109 Å². The Morgan fingerprint density at radius 2 is 0.557 bits per heavy atom. The van der Waals surface area contributed by atoms with Crippen LogP contribution in [0.5, 0.6) is 0 Å². The summed E-state index contributed by atoms with van der Waals surface area (Å²) in [6.07, 6.45) is 78.0. The van der Waals surface area contributed by atoms with Crippen molar-refractivity contribution in [1.29, 1.82) is 0 Å². The molecule has 0 aromatic rings. The minimum absolute atomic E-state index is 0.0877. The van der Waals surface area contributed by atoms with Crippen molar-refractivity contribution in [2.75, 3.05) is 13.2 Å². The highest BCUT2D eigenvalue weighted by atomic mass is 16.6. The lowest BCUT2D eigenvalue weighted by atomic mass is 10.1. The molecule has 0 aromatic heterocycles. The molecule has 0 fully saturated rings. The van der Waals surface area contributed by atoms with Crippen LogP contribution in [0, 0.1) is 0 Å². The second kappa shape index (κ2) is 57.6. The van der Waals surface area contributed by atoms with Crippen molar-refractivity contribution in [3.63, 3.8) is 0 Å². The summed E-state index contributed by atoms with van der Waals surface area (Å²) in [6, 6.07) is 0. The van der Waals surface area contributed by atoms with Crippen LogP contribution in [-0.4, -0.2) is 37.2 Å². The first-order valence-corrected chi connectivity index (χ1v) is 28.9. The molecule has 0 amide bonds. The lowest BCUT2D eigenvalue weighted by molar-refractivity contribution is -0.167. The summed E-state index contributed by atoms with van der Waals surface area (Å²) in [7, 11) is 0. The highest BCUT2D eigenvalue weighted by Gasteiger charge is 2.19. The van der Waals surface area contributed by atoms with Crippen molar-refractivity contribution < 1.29 is 28.6 Å². The quantitative estimate of drug-likeness (QED) is 0.0262. The van der Waals surface area contributed by atoms with Gasteiger partial charge in [-0.2, -0.15) is 0 Å². The number of rotatable bonds is 51. The van der Waals surface area contributed by atoms with Gasteiger partial charge in [0.15, 0.2) is 6.10 Å². The van der Waals surface area contributed by atoms with Gasteiger partial charge in [0.1, 0.15) is 13.2 Å². The topological polar surface area (TPSA) is 78.9 Å². The van der Waals surface area contributed by atoms with E-state index in [-0.39, 0.29) is 31.1 Å². The minimum Gasteiger partial charge on any atom is -0.462 e. The summed E-state index contributed by atoms with van der Waals surface area (Å²) >= 11 is 0. The molecule has 1 unspecified atom stereocenters. The van der Waals surface area contributed by atoms with Gasteiger partial charge in [0.25, 0.3) is 0 Å². The van der Waals surface area contributed by atoms with E-state index < -0.39 is 6.10 Å². The van der Waals surface area contributed by atoms with Gasteiger partial charge in [-0.25, -0.2) is 0 Å². The Morgan fingerprint density at radius 3 is 0.900 bits per heavy atom. The van der Waals surface area contributed by atoms with Crippen molar-refractivity contribution in [3.8, 4) is 0 Å². The van der Waals surface area contributed by atoms with Gasteiger partial charge >= 0.3 is 17.9 Å². The third-order valence-electron chi connectivity index (χ3n) is 12.0. The second-order valence-corrected chi connectivity index (χ2v) is 18.8. The fraction of sp³-hybridized carbons (Fsp3) is 0.672. The van der Waals surface area contributed by atoms with Crippen LogP contribution >= 0.6 is 0 Å². The Labute approximate surface area is 431 Å². The molecule has 0 spiro atoms. The number of ether oxygens (including phenoxy) is 3. The Hall–Kier alpha value is -3.93. The van der Waals surface area contributed by atoms with Crippen molar-refractivity contribution in [1.82, 2.24) is 0 Å². The monoisotopic (exact) mass is 971 g/mol. The van der Waals surface area contributed by atoms with Crippen LogP contribution in [0.25, 0.3) is 0 Å². The van der Waals surface area contributed by atoms with E-state index in [1.54, 1.807) is 0 Å². The van der Waals surface area contributed by atoms with Gasteiger partial charge in [-0.15, -0.1) is 0 Å². The maximum atomic E-state index is 12.8. The van der Waals surface area contributed by atoms with E-state index in [4.69, 9.17) is 14.2 Å². The molecule has 398 valence electrons. The van der Waals surface area contributed by atoms with Gasteiger partial charge in [0, 0.05) is 19.3 Å². The number of hydrogen-bond acceptors (Lipinski definition) is 6. The van der Waals surface area contributed by atoms with E-state index in [0.717, 1.165) is 135 Å². The summed E-state index contributed by atoms with van der Waals surface area (Å²) in [5.41, 5.74) is 0.